The van der Waals surface area contributed by atoms with Gasteiger partial charge in [0.15, 0.2) is 0 Å². The molecule has 1 fully saturated rings. The number of benzene rings is 2. The predicted octanol–water partition coefficient (Wildman–Crippen LogP) is 4.63. The van der Waals surface area contributed by atoms with Crippen LogP contribution in [0.1, 0.15) is 18.4 Å². The van der Waals surface area contributed by atoms with E-state index in [0.717, 1.165) is 18.5 Å². The van der Waals surface area contributed by atoms with Gasteiger partial charge in [0.1, 0.15) is 17.3 Å². The molecule has 4 aromatic rings. The molecule has 0 radical (unpaired) electrons. The Kier molecular flexibility index (Phi) is 6.09. The summed E-state index contributed by atoms with van der Waals surface area (Å²) in [6.07, 6.45) is -0.555. The first-order chi connectivity index (χ1) is 17.9. The molecule has 0 bridgehead atoms. The molecule has 198 valence electrons. The summed E-state index contributed by atoms with van der Waals surface area (Å²) in [5, 5.41) is 0.452. The highest BCUT2D eigenvalue weighted by molar-refractivity contribution is 7.92. The van der Waals surface area contributed by atoms with Gasteiger partial charge in [0, 0.05) is 23.0 Å². The van der Waals surface area contributed by atoms with E-state index in [4.69, 9.17) is 9.15 Å². The number of H-pyrrole nitrogens is 1. The maximum Gasteiger partial charge on any atom is 0.344 e. The van der Waals surface area contributed by atoms with Crippen LogP contribution in [0.4, 0.5) is 18.9 Å². The Morgan fingerprint density at radius 1 is 1.08 bits per heavy atom. The number of hydrogen-bond donors (Lipinski definition) is 2. The van der Waals surface area contributed by atoms with E-state index in [0.29, 0.717) is 5.39 Å². The summed E-state index contributed by atoms with van der Waals surface area (Å²) >= 11 is 0. The lowest BCUT2D eigenvalue weighted by Crippen LogP contribution is -2.19. The van der Waals surface area contributed by atoms with Crippen molar-refractivity contribution in [3.8, 4) is 28.2 Å². The van der Waals surface area contributed by atoms with Crippen LogP contribution >= 0.6 is 0 Å². The summed E-state index contributed by atoms with van der Waals surface area (Å²) in [6, 6.07) is 9.53. The Morgan fingerprint density at radius 2 is 1.82 bits per heavy atom. The van der Waals surface area contributed by atoms with Crippen molar-refractivity contribution >= 4 is 26.5 Å². The van der Waals surface area contributed by atoms with E-state index < -0.39 is 38.9 Å². The highest BCUT2D eigenvalue weighted by Crippen LogP contribution is 2.57. The first-order valence-corrected chi connectivity index (χ1v) is 13.3. The van der Waals surface area contributed by atoms with Crippen molar-refractivity contribution in [1.29, 1.82) is 0 Å². The molecule has 2 aromatic heterocycles. The number of nitrogens with one attached hydrogen (secondary N) is 2. The summed E-state index contributed by atoms with van der Waals surface area (Å²) in [7, 11) is -2.30. The van der Waals surface area contributed by atoms with E-state index in [9.17, 15) is 31.2 Å². The van der Waals surface area contributed by atoms with E-state index in [1.54, 1.807) is 0 Å². The number of sulfonamides is 1. The predicted molar refractivity (Wildman–Crippen MR) is 136 cm³/mol. The second-order valence-electron chi connectivity index (χ2n) is 9.20. The summed E-state index contributed by atoms with van der Waals surface area (Å²) in [5.74, 6) is -0.731. The maximum absolute atomic E-state index is 14.2. The van der Waals surface area contributed by atoms with Crippen molar-refractivity contribution < 1.29 is 30.7 Å². The number of fused-ring (bicyclic) bond motifs is 1. The molecule has 2 heterocycles. The van der Waals surface area contributed by atoms with Crippen LogP contribution in [0.15, 0.2) is 62.7 Å². The Hall–Kier alpha value is -4.06. The first-order valence-electron chi connectivity index (χ1n) is 11.4. The average Bonchev–Trinajstić information content (AvgIpc) is 3.66. The van der Waals surface area contributed by atoms with Gasteiger partial charge in [-0.25, -0.2) is 26.4 Å². The van der Waals surface area contributed by atoms with E-state index >= 15 is 0 Å². The minimum absolute atomic E-state index is 0.0378. The number of methoxy groups -OCH3 is 1. The highest BCUT2D eigenvalue weighted by atomic mass is 32.2. The Balaban J connectivity index is 1.77. The van der Waals surface area contributed by atoms with Gasteiger partial charge in [0.05, 0.1) is 29.7 Å². The van der Waals surface area contributed by atoms with Crippen LogP contribution in [0.2, 0.25) is 0 Å². The van der Waals surface area contributed by atoms with Crippen molar-refractivity contribution in [3.05, 3.63) is 80.8 Å². The van der Waals surface area contributed by atoms with E-state index in [1.807, 2.05) is 0 Å². The fraction of sp³-hybridized carbons (Fsp3) is 0.231. The number of pyridine rings is 1. The van der Waals surface area contributed by atoms with Gasteiger partial charge in [0.25, 0.3) is 5.56 Å². The zero-order valence-electron chi connectivity index (χ0n) is 20.1. The van der Waals surface area contributed by atoms with Gasteiger partial charge in [0.2, 0.25) is 16.4 Å². The normalized spacial score (nSPS) is 14.6. The van der Waals surface area contributed by atoms with Crippen LogP contribution in [0.3, 0.4) is 0 Å². The van der Waals surface area contributed by atoms with Gasteiger partial charge < -0.3 is 14.1 Å². The number of halogens is 3. The fourth-order valence-electron chi connectivity index (χ4n) is 4.56. The van der Waals surface area contributed by atoms with Gasteiger partial charge in [-0.15, -0.1) is 0 Å². The second kappa shape index (κ2) is 9.05. The average molecular weight is 547 g/mol. The van der Waals surface area contributed by atoms with Crippen molar-refractivity contribution in [2.75, 3.05) is 18.1 Å². The first kappa shape index (κ1) is 25.6. The molecule has 0 aliphatic heterocycles. The molecule has 5 rings (SSSR count). The number of rotatable bonds is 7. The van der Waals surface area contributed by atoms with Crippen LogP contribution < -0.4 is 20.6 Å². The molecule has 0 spiro atoms. The van der Waals surface area contributed by atoms with Crippen molar-refractivity contribution in [2.45, 2.75) is 24.7 Å². The fourth-order valence-corrected chi connectivity index (χ4v) is 5.12. The van der Waals surface area contributed by atoms with Crippen molar-refractivity contribution in [1.82, 2.24) is 4.98 Å². The molecule has 1 saturated carbocycles. The topological polar surface area (TPSA) is 118 Å². The lowest BCUT2D eigenvalue weighted by Gasteiger charge is -2.22. The number of hydrogen-bond acceptors (Lipinski definition) is 6. The molecule has 8 nitrogen and oxygen atoms in total. The molecule has 1 aliphatic carbocycles. The number of aromatic nitrogens is 1. The molecule has 0 unspecified atom stereocenters. The lowest BCUT2D eigenvalue weighted by molar-refractivity contribution is 0.100. The molecular formula is C26H21F3N2O6S. The maximum atomic E-state index is 14.2. The minimum atomic E-state index is -3.59. The van der Waals surface area contributed by atoms with Gasteiger partial charge in [-0.2, -0.15) is 0 Å². The molecule has 38 heavy (non-hydrogen) atoms. The van der Waals surface area contributed by atoms with Crippen LogP contribution in [0, 0.1) is 5.82 Å². The van der Waals surface area contributed by atoms with Gasteiger partial charge in [-0.3, -0.25) is 9.52 Å². The summed E-state index contributed by atoms with van der Waals surface area (Å²) in [4.78, 5) is 27.7. The van der Waals surface area contributed by atoms with Gasteiger partial charge in [-0.05, 0) is 60.2 Å². The van der Waals surface area contributed by atoms with Crippen molar-refractivity contribution in [3.63, 3.8) is 0 Å². The van der Waals surface area contributed by atoms with E-state index in [1.165, 1.54) is 43.5 Å². The molecule has 0 atom stereocenters. The number of ether oxygens (including phenoxy) is 1. The Labute approximate surface area is 214 Å². The third-order valence-corrected chi connectivity index (χ3v) is 7.15. The molecule has 0 saturated heterocycles. The smallest absolute Gasteiger partial charge is 0.344 e. The minimum Gasteiger partial charge on any atom is -0.496 e. The van der Waals surface area contributed by atoms with E-state index in [2.05, 4.69) is 9.71 Å². The quantitative estimate of drug-likeness (QED) is 0.349. The molecule has 2 N–H and O–H groups in total. The zero-order chi connectivity index (χ0) is 27.4. The summed E-state index contributed by atoms with van der Waals surface area (Å²) in [5.41, 5.74) is -2.56. The van der Waals surface area contributed by atoms with E-state index in [-0.39, 0.29) is 57.7 Å². The molecule has 1 aliphatic rings. The largest absolute Gasteiger partial charge is 0.496 e. The monoisotopic (exact) mass is 546 g/mol. The molecular weight excluding hydrogens is 525 g/mol. The standard InChI is InChI=1S/C26H21F3N2O6S/c1-36-22-19(21-9-13-3-4-16(31-38(2,34)35)11-18(13)24(33)37-21)7-14(17-10-15(27)12-30-23(17)32)8-20(22)26(5-6-26)25(28)29/h3-4,7-12,25,31H,5-6H2,1-2H3,(H,30,32). The van der Waals surface area contributed by atoms with Crippen LogP contribution in [0.5, 0.6) is 5.75 Å². The number of aromatic amines is 1. The second-order valence-corrected chi connectivity index (χ2v) is 10.9. The Bertz CT molecular complexity index is 1810. The lowest BCUT2D eigenvalue weighted by atomic mass is 9.88. The zero-order valence-corrected chi connectivity index (χ0v) is 20.9. The van der Waals surface area contributed by atoms with Gasteiger partial charge >= 0.3 is 5.63 Å². The molecule has 12 heteroatoms. The number of alkyl halides is 2. The third-order valence-electron chi connectivity index (χ3n) is 6.55. The van der Waals surface area contributed by atoms with Gasteiger partial charge in [-0.1, -0.05) is 6.07 Å². The SMILES string of the molecule is COc1c(-c2cc3ccc(NS(C)(=O)=O)cc3c(=O)o2)cc(-c2cc(F)c[nH]c2=O)cc1C1(C(F)F)CC1. The molecule has 0 amide bonds. The summed E-state index contributed by atoms with van der Waals surface area (Å²) < 4.78 is 78.9. The van der Waals surface area contributed by atoms with Crippen LogP contribution in [-0.4, -0.2) is 33.2 Å². The van der Waals surface area contributed by atoms with Crippen molar-refractivity contribution in [2.24, 2.45) is 0 Å². The third kappa shape index (κ3) is 4.55. The highest BCUT2D eigenvalue weighted by Gasteiger charge is 2.54. The van der Waals surface area contributed by atoms with Crippen LogP contribution in [-0.2, 0) is 15.4 Å². The molecule has 2 aromatic carbocycles. The number of anilines is 1. The Morgan fingerprint density at radius 3 is 2.45 bits per heavy atom. The van der Waals surface area contributed by atoms with Crippen LogP contribution in [0.25, 0.3) is 33.2 Å². The summed E-state index contributed by atoms with van der Waals surface area (Å²) in [6.45, 7) is 0.